The van der Waals surface area contributed by atoms with Gasteiger partial charge in [-0.15, -0.1) is 0 Å². The number of aromatic nitrogens is 4. The standard InChI is InChI=1S/C15H16N6O/c1-9-7-12(21-20-9)18-13-8-17-14(15(16)19-13)10-3-5-11(22-2)6-4-10/h3-8H,1-2H3,(H4,16,18,19,20,21). The summed E-state index contributed by atoms with van der Waals surface area (Å²) in [5.74, 6) is 2.34. The molecule has 0 saturated heterocycles. The van der Waals surface area contributed by atoms with Gasteiger partial charge in [-0.3, -0.25) is 5.10 Å². The maximum atomic E-state index is 6.01. The first-order valence-electron chi connectivity index (χ1n) is 6.71. The summed E-state index contributed by atoms with van der Waals surface area (Å²) in [6, 6.07) is 9.37. The van der Waals surface area contributed by atoms with Crippen molar-refractivity contribution in [2.75, 3.05) is 18.2 Å². The fraction of sp³-hybridized carbons (Fsp3) is 0.133. The average molecular weight is 296 g/mol. The zero-order chi connectivity index (χ0) is 15.5. The predicted octanol–water partition coefficient (Wildman–Crippen LogP) is 2.51. The van der Waals surface area contributed by atoms with Crippen molar-refractivity contribution in [1.29, 1.82) is 0 Å². The molecular weight excluding hydrogens is 280 g/mol. The highest BCUT2D eigenvalue weighted by molar-refractivity contribution is 5.71. The number of methoxy groups -OCH3 is 1. The van der Waals surface area contributed by atoms with Crippen molar-refractivity contribution in [1.82, 2.24) is 20.2 Å². The number of aromatic amines is 1. The summed E-state index contributed by atoms with van der Waals surface area (Å²) in [4.78, 5) is 8.69. The van der Waals surface area contributed by atoms with E-state index >= 15 is 0 Å². The van der Waals surface area contributed by atoms with Crippen LogP contribution in [0.5, 0.6) is 5.75 Å². The van der Waals surface area contributed by atoms with Crippen LogP contribution in [-0.2, 0) is 0 Å². The number of aryl methyl sites for hydroxylation is 1. The Balaban J connectivity index is 1.84. The molecule has 0 fully saturated rings. The second-order valence-electron chi connectivity index (χ2n) is 4.78. The highest BCUT2D eigenvalue weighted by Gasteiger charge is 2.08. The van der Waals surface area contributed by atoms with Gasteiger partial charge >= 0.3 is 0 Å². The molecule has 3 rings (SSSR count). The number of rotatable bonds is 4. The van der Waals surface area contributed by atoms with Gasteiger partial charge in [-0.1, -0.05) is 0 Å². The molecular formula is C15H16N6O. The molecule has 0 amide bonds. The number of hydrogen-bond donors (Lipinski definition) is 3. The first kappa shape index (κ1) is 13.9. The lowest BCUT2D eigenvalue weighted by Crippen LogP contribution is -2.02. The molecule has 0 saturated carbocycles. The van der Waals surface area contributed by atoms with E-state index in [0.717, 1.165) is 17.0 Å². The second kappa shape index (κ2) is 5.72. The molecule has 0 aliphatic carbocycles. The number of benzene rings is 1. The minimum atomic E-state index is 0.349. The first-order chi connectivity index (χ1) is 10.7. The lowest BCUT2D eigenvalue weighted by atomic mass is 10.1. The van der Waals surface area contributed by atoms with E-state index in [9.17, 15) is 0 Å². The van der Waals surface area contributed by atoms with Gasteiger partial charge in [-0.05, 0) is 31.2 Å². The third kappa shape index (κ3) is 2.83. The third-order valence-corrected chi connectivity index (χ3v) is 3.12. The summed E-state index contributed by atoms with van der Waals surface area (Å²) < 4.78 is 5.14. The molecule has 0 atom stereocenters. The molecule has 0 bridgehead atoms. The van der Waals surface area contributed by atoms with Crippen molar-refractivity contribution < 1.29 is 4.74 Å². The van der Waals surface area contributed by atoms with E-state index < -0.39 is 0 Å². The van der Waals surface area contributed by atoms with Crippen LogP contribution < -0.4 is 15.8 Å². The maximum Gasteiger partial charge on any atom is 0.153 e. The lowest BCUT2D eigenvalue weighted by Gasteiger charge is -2.08. The van der Waals surface area contributed by atoms with Crippen LogP contribution in [0, 0.1) is 6.92 Å². The number of H-pyrrole nitrogens is 1. The monoisotopic (exact) mass is 296 g/mol. The van der Waals surface area contributed by atoms with Crippen LogP contribution >= 0.6 is 0 Å². The topological polar surface area (TPSA) is 102 Å². The molecule has 3 aromatic rings. The Bertz CT molecular complexity index is 781. The molecule has 0 aliphatic rings. The largest absolute Gasteiger partial charge is 0.497 e. The van der Waals surface area contributed by atoms with Gasteiger partial charge in [0.15, 0.2) is 17.5 Å². The van der Waals surface area contributed by atoms with Crippen LogP contribution in [-0.4, -0.2) is 27.3 Å². The van der Waals surface area contributed by atoms with E-state index in [1.807, 2.05) is 37.3 Å². The Morgan fingerprint density at radius 3 is 2.55 bits per heavy atom. The fourth-order valence-electron chi connectivity index (χ4n) is 2.05. The fourth-order valence-corrected chi connectivity index (χ4v) is 2.05. The summed E-state index contributed by atoms with van der Waals surface area (Å²) in [7, 11) is 1.63. The summed E-state index contributed by atoms with van der Waals surface area (Å²) >= 11 is 0. The summed E-state index contributed by atoms with van der Waals surface area (Å²) in [5, 5.41) is 9.98. The van der Waals surface area contributed by atoms with Crippen LogP contribution in [0.3, 0.4) is 0 Å². The van der Waals surface area contributed by atoms with E-state index in [2.05, 4.69) is 25.5 Å². The van der Waals surface area contributed by atoms with E-state index in [1.165, 1.54) is 0 Å². The number of nitrogens with one attached hydrogen (secondary N) is 2. The molecule has 1 aromatic carbocycles. The average Bonchev–Trinajstić information content (AvgIpc) is 2.93. The van der Waals surface area contributed by atoms with Gasteiger partial charge in [0.2, 0.25) is 0 Å². The molecule has 7 heteroatoms. The van der Waals surface area contributed by atoms with Gasteiger partial charge in [0.1, 0.15) is 11.4 Å². The van der Waals surface area contributed by atoms with Crippen LogP contribution in [0.25, 0.3) is 11.3 Å². The van der Waals surface area contributed by atoms with Gasteiger partial charge in [-0.2, -0.15) is 5.10 Å². The Morgan fingerprint density at radius 1 is 1.18 bits per heavy atom. The minimum Gasteiger partial charge on any atom is -0.497 e. The molecule has 2 heterocycles. The van der Waals surface area contributed by atoms with E-state index in [0.29, 0.717) is 23.1 Å². The minimum absolute atomic E-state index is 0.349. The number of hydrogen-bond acceptors (Lipinski definition) is 6. The van der Waals surface area contributed by atoms with E-state index in [4.69, 9.17) is 10.5 Å². The van der Waals surface area contributed by atoms with Gasteiger partial charge in [0.25, 0.3) is 0 Å². The molecule has 0 aliphatic heterocycles. The van der Waals surface area contributed by atoms with E-state index in [1.54, 1.807) is 13.3 Å². The van der Waals surface area contributed by atoms with Crippen molar-refractivity contribution in [2.45, 2.75) is 6.92 Å². The molecule has 22 heavy (non-hydrogen) atoms. The molecule has 0 radical (unpaired) electrons. The van der Waals surface area contributed by atoms with Gasteiger partial charge in [-0.25, -0.2) is 9.97 Å². The number of nitrogen functional groups attached to an aromatic ring is 1. The third-order valence-electron chi connectivity index (χ3n) is 3.12. The summed E-state index contributed by atoms with van der Waals surface area (Å²) in [6.45, 7) is 1.92. The lowest BCUT2D eigenvalue weighted by molar-refractivity contribution is 0.415. The van der Waals surface area contributed by atoms with Crippen LogP contribution in [0.1, 0.15) is 5.69 Å². The zero-order valence-corrected chi connectivity index (χ0v) is 12.3. The van der Waals surface area contributed by atoms with Crippen molar-refractivity contribution in [3.8, 4) is 17.0 Å². The first-order valence-corrected chi connectivity index (χ1v) is 6.71. The smallest absolute Gasteiger partial charge is 0.153 e. The normalized spacial score (nSPS) is 10.5. The quantitative estimate of drug-likeness (QED) is 0.683. The molecule has 0 unspecified atom stereocenters. The summed E-state index contributed by atoms with van der Waals surface area (Å²) in [6.07, 6.45) is 1.62. The number of anilines is 3. The zero-order valence-electron chi connectivity index (χ0n) is 12.3. The highest BCUT2D eigenvalue weighted by Crippen LogP contribution is 2.25. The summed E-state index contributed by atoms with van der Waals surface area (Å²) in [5.41, 5.74) is 8.48. The Labute approximate surface area is 127 Å². The molecule has 7 nitrogen and oxygen atoms in total. The molecule has 4 N–H and O–H groups in total. The van der Waals surface area contributed by atoms with Crippen molar-refractivity contribution in [3.63, 3.8) is 0 Å². The second-order valence-corrected chi connectivity index (χ2v) is 4.78. The van der Waals surface area contributed by atoms with Gasteiger partial charge in [0.05, 0.1) is 13.3 Å². The maximum absolute atomic E-state index is 6.01. The predicted molar refractivity (Wildman–Crippen MR) is 85.0 cm³/mol. The Hall–Kier alpha value is -3.09. The van der Waals surface area contributed by atoms with Crippen molar-refractivity contribution in [3.05, 3.63) is 42.2 Å². The van der Waals surface area contributed by atoms with E-state index in [-0.39, 0.29) is 0 Å². The molecule has 2 aromatic heterocycles. The van der Waals surface area contributed by atoms with Crippen LogP contribution in [0.4, 0.5) is 17.5 Å². The Kier molecular flexibility index (Phi) is 3.61. The SMILES string of the molecule is COc1ccc(-c2ncc(Nc3cc(C)[nH]n3)nc2N)cc1. The van der Waals surface area contributed by atoms with Crippen LogP contribution in [0.2, 0.25) is 0 Å². The van der Waals surface area contributed by atoms with Crippen LogP contribution in [0.15, 0.2) is 36.5 Å². The van der Waals surface area contributed by atoms with Gasteiger partial charge in [0, 0.05) is 17.3 Å². The number of ether oxygens (including phenoxy) is 1. The Morgan fingerprint density at radius 2 is 1.95 bits per heavy atom. The number of nitrogens with zero attached hydrogens (tertiary/aromatic N) is 3. The molecule has 0 spiro atoms. The highest BCUT2D eigenvalue weighted by atomic mass is 16.5. The van der Waals surface area contributed by atoms with Crippen molar-refractivity contribution in [2.24, 2.45) is 0 Å². The van der Waals surface area contributed by atoms with Gasteiger partial charge < -0.3 is 15.8 Å². The molecule has 112 valence electrons. The number of nitrogens with two attached hydrogens (primary N) is 1. The van der Waals surface area contributed by atoms with Crippen molar-refractivity contribution >= 4 is 17.5 Å².